The van der Waals surface area contributed by atoms with Crippen molar-refractivity contribution in [3.63, 3.8) is 0 Å². The summed E-state index contributed by atoms with van der Waals surface area (Å²) in [4.78, 5) is 12.6. The van der Waals surface area contributed by atoms with Crippen LogP contribution in [-0.4, -0.2) is 43.6 Å². The number of hydrazone groups is 1. The number of aromatic nitrogens is 2. The summed E-state index contributed by atoms with van der Waals surface area (Å²) in [5.74, 6) is 1.51. The fourth-order valence-corrected chi connectivity index (χ4v) is 3.39. The largest absolute Gasteiger partial charge is 0.497 e. The number of rotatable bonds is 7. The fourth-order valence-electron chi connectivity index (χ4n) is 3.39. The lowest BCUT2D eigenvalue weighted by molar-refractivity contribution is 0.0950. The molecule has 1 amide bonds. The number of carbonyl (C=O) groups is 1. The Bertz CT molecular complexity index is 1300. The first-order chi connectivity index (χ1) is 15.6. The molecule has 1 aromatic heterocycles. The summed E-state index contributed by atoms with van der Waals surface area (Å²) in [5, 5.41) is 13.1. The summed E-state index contributed by atoms with van der Waals surface area (Å²) in [7, 11) is 4.75. The maximum Gasteiger partial charge on any atom is 0.289 e. The molecule has 8 nitrogen and oxygen atoms in total. The van der Waals surface area contributed by atoms with E-state index in [-0.39, 0.29) is 5.69 Å². The van der Waals surface area contributed by atoms with Crippen molar-refractivity contribution in [1.29, 1.82) is 0 Å². The van der Waals surface area contributed by atoms with Gasteiger partial charge in [-0.1, -0.05) is 30.3 Å². The van der Waals surface area contributed by atoms with Crippen LogP contribution in [0, 0.1) is 0 Å². The minimum Gasteiger partial charge on any atom is -0.497 e. The number of hydrogen-bond acceptors (Lipinski definition) is 6. The fraction of sp³-hybridized carbons (Fsp3) is 0.125. The van der Waals surface area contributed by atoms with E-state index < -0.39 is 5.91 Å². The van der Waals surface area contributed by atoms with Crippen molar-refractivity contribution in [2.75, 3.05) is 21.3 Å². The maximum absolute atomic E-state index is 12.6. The van der Waals surface area contributed by atoms with Crippen molar-refractivity contribution >= 4 is 22.9 Å². The predicted octanol–water partition coefficient (Wildman–Crippen LogP) is 4.02. The average Bonchev–Trinajstić information content (AvgIpc) is 3.34. The van der Waals surface area contributed by atoms with E-state index in [0.29, 0.717) is 28.5 Å². The lowest BCUT2D eigenvalue weighted by atomic mass is 10.0. The van der Waals surface area contributed by atoms with Crippen LogP contribution in [0.1, 0.15) is 16.1 Å². The lowest BCUT2D eigenvalue weighted by Crippen LogP contribution is -2.18. The number of ether oxygens (including phenoxy) is 3. The second kappa shape index (κ2) is 9.22. The van der Waals surface area contributed by atoms with Crippen molar-refractivity contribution in [3.8, 4) is 28.5 Å². The number of fused-ring (bicyclic) bond motifs is 1. The van der Waals surface area contributed by atoms with Gasteiger partial charge < -0.3 is 14.2 Å². The van der Waals surface area contributed by atoms with Crippen LogP contribution in [0.2, 0.25) is 0 Å². The van der Waals surface area contributed by atoms with E-state index in [4.69, 9.17) is 14.2 Å². The van der Waals surface area contributed by atoms with Gasteiger partial charge in [-0.2, -0.15) is 10.2 Å². The summed E-state index contributed by atoms with van der Waals surface area (Å²) in [6.07, 6.45) is 1.57. The van der Waals surface area contributed by atoms with Crippen LogP contribution < -0.4 is 19.6 Å². The highest BCUT2D eigenvalue weighted by Gasteiger charge is 2.15. The summed E-state index contributed by atoms with van der Waals surface area (Å²) in [5.41, 5.74) is 4.81. The Hall–Kier alpha value is -4.33. The Balaban J connectivity index is 1.55. The summed E-state index contributed by atoms with van der Waals surface area (Å²) in [6.45, 7) is 0. The summed E-state index contributed by atoms with van der Waals surface area (Å²) in [6, 6.07) is 18.7. The summed E-state index contributed by atoms with van der Waals surface area (Å²) < 4.78 is 16.1. The van der Waals surface area contributed by atoms with Crippen molar-refractivity contribution in [1.82, 2.24) is 15.6 Å². The van der Waals surface area contributed by atoms with Gasteiger partial charge in [-0.3, -0.25) is 9.89 Å². The molecule has 3 aromatic carbocycles. The van der Waals surface area contributed by atoms with Crippen LogP contribution >= 0.6 is 0 Å². The number of methoxy groups -OCH3 is 3. The Morgan fingerprint density at radius 2 is 1.75 bits per heavy atom. The van der Waals surface area contributed by atoms with E-state index >= 15 is 0 Å². The van der Waals surface area contributed by atoms with Gasteiger partial charge in [0, 0.05) is 11.1 Å². The molecule has 0 atom stereocenters. The van der Waals surface area contributed by atoms with Gasteiger partial charge in [0.2, 0.25) is 0 Å². The van der Waals surface area contributed by atoms with Gasteiger partial charge in [0.15, 0.2) is 0 Å². The van der Waals surface area contributed by atoms with E-state index in [1.54, 1.807) is 51.8 Å². The Kier molecular flexibility index (Phi) is 6.03. The highest BCUT2D eigenvalue weighted by molar-refractivity contribution is 6.03. The number of hydrogen-bond donors (Lipinski definition) is 2. The highest BCUT2D eigenvalue weighted by Crippen LogP contribution is 2.32. The molecule has 0 spiro atoms. The lowest BCUT2D eigenvalue weighted by Gasteiger charge is -2.08. The minimum atomic E-state index is -0.430. The van der Waals surface area contributed by atoms with Gasteiger partial charge >= 0.3 is 0 Å². The molecule has 0 aliphatic heterocycles. The number of carbonyl (C=O) groups excluding carboxylic acids is 1. The third-order valence-electron chi connectivity index (χ3n) is 5.02. The average molecular weight is 430 g/mol. The highest BCUT2D eigenvalue weighted by atomic mass is 16.5. The smallest absolute Gasteiger partial charge is 0.289 e. The predicted molar refractivity (Wildman–Crippen MR) is 123 cm³/mol. The zero-order valence-corrected chi connectivity index (χ0v) is 17.9. The molecule has 0 saturated carbocycles. The molecule has 2 N–H and O–H groups in total. The first-order valence-electron chi connectivity index (χ1n) is 9.81. The van der Waals surface area contributed by atoms with Crippen LogP contribution in [0.3, 0.4) is 0 Å². The van der Waals surface area contributed by atoms with E-state index in [1.165, 1.54) is 0 Å². The van der Waals surface area contributed by atoms with Crippen LogP contribution in [0.4, 0.5) is 0 Å². The van der Waals surface area contributed by atoms with Crippen molar-refractivity contribution in [3.05, 3.63) is 71.9 Å². The van der Waals surface area contributed by atoms with Gasteiger partial charge in [-0.15, -0.1) is 0 Å². The number of H-pyrrole nitrogens is 1. The topological polar surface area (TPSA) is 97.8 Å². The first kappa shape index (κ1) is 20.9. The number of aromatic amines is 1. The molecule has 0 saturated heterocycles. The molecule has 162 valence electrons. The molecular formula is C24H22N4O4. The molecule has 4 rings (SSSR count). The van der Waals surface area contributed by atoms with Gasteiger partial charge in [0.25, 0.3) is 5.91 Å². The second-order valence-electron chi connectivity index (χ2n) is 6.83. The zero-order valence-electron chi connectivity index (χ0n) is 17.9. The van der Waals surface area contributed by atoms with Gasteiger partial charge in [0.05, 0.1) is 33.2 Å². The third kappa shape index (κ3) is 4.11. The van der Waals surface area contributed by atoms with E-state index in [0.717, 1.165) is 16.3 Å². The molecule has 0 aliphatic carbocycles. The van der Waals surface area contributed by atoms with Crippen LogP contribution in [0.5, 0.6) is 17.2 Å². The van der Waals surface area contributed by atoms with Crippen molar-refractivity contribution < 1.29 is 19.0 Å². The summed E-state index contributed by atoms with van der Waals surface area (Å²) >= 11 is 0. The van der Waals surface area contributed by atoms with Crippen LogP contribution in [-0.2, 0) is 0 Å². The van der Waals surface area contributed by atoms with Crippen LogP contribution in [0.15, 0.2) is 65.8 Å². The van der Waals surface area contributed by atoms with Gasteiger partial charge in [-0.25, -0.2) is 5.43 Å². The van der Waals surface area contributed by atoms with Gasteiger partial charge in [-0.05, 0) is 41.1 Å². The molecule has 8 heteroatoms. The molecule has 4 aromatic rings. The number of nitrogens with one attached hydrogen (secondary N) is 2. The normalized spacial score (nSPS) is 11.0. The quantitative estimate of drug-likeness (QED) is 0.341. The molecule has 0 radical (unpaired) electrons. The molecule has 0 fully saturated rings. The monoisotopic (exact) mass is 430 g/mol. The molecule has 32 heavy (non-hydrogen) atoms. The Morgan fingerprint density at radius 1 is 0.969 bits per heavy atom. The van der Waals surface area contributed by atoms with Crippen molar-refractivity contribution in [2.24, 2.45) is 5.10 Å². The second-order valence-corrected chi connectivity index (χ2v) is 6.83. The molecule has 1 heterocycles. The van der Waals surface area contributed by atoms with Gasteiger partial charge in [0.1, 0.15) is 22.9 Å². The van der Waals surface area contributed by atoms with E-state index in [2.05, 4.69) is 20.7 Å². The standard InChI is InChI=1S/C24H22N4O4/c1-30-16-9-11-22(31-2)18(12-16)20-13-21(27-26-20)24(29)28-25-14-19-17-7-5-4-6-15(17)8-10-23(19)32-3/h4-14H,1-3H3,(H,26,27)(H,28,29). The Morgan fingerprint density at radius 3 is 2.53 bits per heavy atom. The first-order valence-corrected chi connectivity index (χ1v) is 9.81. The number of amides is 1. The van der Waals surface area contributed by atoms with Crippen molar-refractivity contribution in [2.45, 2.75) is 0 Å². The number of nitrogens with zero attached hydrogens (tertiary/aromatic N) is 2. The zero-order chi connectivity index (χ0) is 22.5. The SMILES string of the molecule is COc1ccc(OC)c(-c2cc(C(=O)NN=Cc3c(OC)ccc4ccccc34)[nH]n2)c1. The molecule has 0 aliphatic rings. The number of benzene rings is 3. The third-order valence-corrected chi connectivity index (χ3v) is 5.02. The van der Waals surface area contributed by atoms with E-state index in [1.807, 2.05) is 36.4 Å². The van der Waals surface area contributed by atoms with Crippen LogP contribution in [0.25, 0.3) is 22.0 Å². The molecule has 0 bridgehead atoms. The maximum atomic E-state index is 12.6. The minimum absolute atomic E-state index is 0.256. The van der Waals surface area contributed by atoms with E-state index in [9.17, 15) is 4.79 Å². The Labute approximate surface area is 184 Å². The molecular weight excluding hydrogens is 408 g/mol. The molecule has 0 unspecified atom stereocenters.